The Kier molecular flexibility index (Phi) is 3.71. The molecule has 4 heteroatoms. The first kappa shape index (κ1) is 15.1. The molecule has 0 aromatic carbocycles. The van der Waals surface area contributed by atoms with Crippen LogP contribution in [0.4, 0.5) is 4.79 Å². The standard InChI is InChI=1S/C17H30N2O2/c1-13-5-7-18(8-6-13)14-9-17(10-14)11-19(12-17)15(20)21-16(2,3)4/h13-14H,5-12H2,1-4H3. The maximum atomic E-state index is 12.0. The van der Waals surface area contributed by atoms with Crippen molar-refractivity contribution in [2.45, 2.75) is 65.0 Å². The average molecular weight is 294 g/mol. The summed E-state index contributed by atoms with van der Waals surface area (Å²) in [7, 11) is 0. The maximum absolute atomic E-state index is 12.0. The van der Waals surface area contributed by atoms with Gasteiger partial charge in [0.25, 0.3) is 0 Å². The zero-order valence-corrected chi connectivity index (χ0v) is 14.0. The van der Waals surface area contributed by atoms with Gasteiger partial charge < -0.3 is 14.5 Å². The number of carbonyl (C=O) groups is 1. The van der Waals surface area contributed by atoms with Crippen LogP contribution < -0.4 is 0 Å². The normalized spacial score (nSPS) is 27.3. The molecular weight excluding hydrogens is 264 g/mol. The van der Waals surface area contributed by atoms with Crippen LogP contribution in [0.5, 0.6) is 0 Å². The minimum absolute atomic E-state index is 0.136. The molecule has 1 amide bonds. The fourth-order valence-corrected chi connectivity index (χ4v) is 4.07. The Morgan fingerprint density at radius 1 is 1.14 bits per heavy atom. The van der Waals surface area contributed by atoms with Crippen molar-refractivity contribution >= 4 is 6.09 Å². The predicted octanol–water partition coefficient (Wildman–Crippen LogP) is 3.12. The van der Waals surface area contributed by atoms with Crippen molar-refractivity contribution in [3.05, 3.63) is 0 Å². The number of hydrogen-bond acceptors (Lipinski definition) is 3. The van der Waals surface area contributed by atoms with Crippen molar-refractivity contribution in [3.8, 4) is 0 Å². The zero-order valence-electron chi connectivity index (χ0n) is 14.0. The molecule has 0 aromatic heterocycles. The van der Waals surface area contributed by atoms with Gasteiger partial charge in [0, 0.05) is 24.5 Å². The Morgan fingerprint density at radius 2 is 1.71 bits per heavy atom. The van der Waals surface area contributed by atoms with Crippen molar-refractivity contribution < 1.29 is 9.53 Å². The molecule has 21 heavy (non-hydrogen) atoms. The third kappa shape index (κ3) is 3.20. The van der Waals surface area contributed by atoms with Gasteiger partial charge in [0.15, 0.2) is 0 Å². The van der Waals surface area contributed by atoms with Crippen LogP contribution in [0.3, 0.4) is 0 Å². The van der Waals surface area contributed by atoms with Crippen molar-refractivity contribution in [1.82, 2.24) is 9.80 Å². The van der Waals surface area contributed by atoms with E-state index in [1.54, 1.807) is 0 Å². The molecule has 3 aliphatic rings. The van der Waals surface area contributed by atoms with Crippen LogP contribution in [0.25, 0.3) is 0 Å². The SMILES string of the molecule is CC1CCN(C2CC3(C2)CN(C(=O)OC(C)(C)C)C3)CC1. The van der Waals surface area contributed by atoms with Crippen LogP contribution in [0.15, 0.2) is 0 Å². The third-order valence-corrected chi connectivity index (χ3v) is 5.38. The summed E-state index contributed by atoms with van der Waals surface area (Å²) >= 11 is 0. The summed E-state index contributed by atoms with van der Waals surface area (Å²) in [4.78, 5) is 16.5. The number of piperidine rings is 1. The van der Waals surface area contributed by atoms with E-state index in [1.807, 2.05) is 25.7 Å². The van der Waals surface area contributed by atoms with Gasteiger partial charge in [-0.25, -0.2) is 4.79 Å². The Labute approximate surface area is 128 Å². The van der Waals surface area contributed by atoms with Crippen molar-refractivity contribution in [3.63, 3.8) is 0 Å². The largest absolute Gasteiger partial charge is 0.444 e. The molecule has 2 saturated heterocycles. The minimum Gasteiger partial charge on any atom is -0.444 e. The summed E-state index contributed by atoms with van der Waals surface area (Å²) in [6, 6.07) is 0.776. The van der Waals surface area contributed by atoms with Crippen molar-refractivity contribution in [2.75, 3.05) is 26.2 Å². The average Bonchev–Trinajstić information content (AvgIpc) is 2.25. The molecule has 2 aliphatic heterocycles. The smallest absolute Gasteiger partial charge is 0.410 e. The molecule has 1 aliphatic carbocycles. The summed E-state index contributed by atoms with van der Waals surface area (Å²) in [5.41, 5.74) is 0.0388. The molecule has 120 valence electrons. The van der Waals surface area contributed by atoms with E-state index in [4.69, 9.17) is 4.74 Å². The molecule has 0 bridgehead atoms. The van der Waals surface area contributed by atoms with E-state index in [1.165, 1.54) is 38.8 Å². The summed E-state index contributed by atoms with van der Waals surface area (Å²) in [5, 5.41) is 0. The molecule has 4 nitrogen and oxygen atoms in total. The maximum Gasteiger partial charge on any atom is 0.410 e. The van der Waals surface area contributed by atoms with Crippen LogP contribution in [0.1, 0.15) is 53.4 Å². The first-order chi connectivity index (χ1) is 9.76. The number of carbonyl (C=O) groups excluding carboxylic acids is 1. The van der Waals surface area contributed by atoms with E-state index < -0.39 is 0 Å². The first-order valence-electron chi connectivity index (χ1n) is 8.48. The van der Waals surface area contributed by atoms with Gasteiger partial charge in [0.05, 0.1) is 0 Å². The second-order valence-electron chi connectivity index (χ2n) is 8.62. The number of nitrogens with zero attached hydrogens (tertiary/aromatic N) is 2. The first-order valence-corrected chi connectivity index (χ1v) is 8.48. The fraction of sp³-hybridized carbons (Fsp3) is 0.941. The number of amides is 1. The van der Waals surface area contributed by atoms with Gasteiger partial charge in [-0.05, 0) is 65.5 Å². The zero-order chi connectivity index (χ0) is 15.3. The number of ether oxygens (including phenoxy) is 1. The van der Waals surface area contributed by atoms with E-state index in [-0.39, 0.29) is 11.7 Å². The van der Waals surface area contributed by atoms with Crippen LogP contribution >= 0.6 is 0 Å². The molecule has 0 radical (unpaired) electrons. The number of likely N-dealkylation sites (tertiary alicyclic amines) is 2. The molecule has 3 fully saturated rings. The Balaban J connectivity index is 1.41. The Hall–Kier alpha value is -0.770. The highest BCUT2D eigenvalue weighted by atomic mass is 16.6. The summed E-state index contributed by atoms with van der Waals surface area (Å²) < 4.78 is 5.44. The van der Waals surface area contributed by atoms with Crippen LogP contribution in [0.2, 0.25) is 0 Å². The van der Waals surface area contributed by atoms with Gasteiger partial charge in [-0.1, -0.05) is 6.92 Å². The van der Waals surface area contributed by atoms with Gasteiger partial charge in [-0.3, -0.25) is 0 Å². The number of rotatable bonds is 1. The molecule has 2 heterocycles. The lowest BCUT2D eigenvalue weighted by atomic mass is 9.60. The molecule has 0 aromatic rings. The van der Waals surface area contributed by atoms with Crippen LogP contribution in [0, 0.1) is 11.3 Å². The second-order valence-corrected chi connectivity index (χ2v) is 8.62. The lowest BCUT2D eigenvalue weighted by Gasteiger charge is -2.61. The van der Waals surface area contributed by atoms with E-state index in [0.29, 0.717) is 5.41 Å². The van der Waals surface area contributed by atoms with Gasteiger partial charge in [0.1, 0.15) is 5.60 Å². The monoisotopic (exact) mass is 294 g/mol. The number of hydrogen-bond donors (Lipinski definition) is 0. The molecule has 3 rings (SSSR count). The van der Waals surface area contributed by atoms with Gasteiger partial charge >= 0.3 is 6.09 Å². The highest BCUT2D eigenvalue weighted by Crippen LogP contribution is 2.50. The Morgan fingerprint density at radius 3 is 2.24 bits per heavy atom. The van der Waals surface area contributed by atoms with Crippen LogP contribution in [-0.2, 0) is 4.74 Å². The van der Waals surface area contributed by atoms with Crippen LogP contribution in [-0.4, -0.2) is 53.7 Å². The molecule has 0 N–H and O–H groups in total. The summed E-state index contributed by atoms with van der Waals surface area (Å²) in [6.07, 6.45) is 5.13. The third-order valence-electron chi connectivity index (χ3n) is 5.38. The second kappa shape index (κ2) is 5.15. The highest BCUT2D eigenvalue weighted by Gasteiger charge is 2.55. The van der Waals surface area contributed by atoms with E-state index in [2.05, 4.69) is 11.8 Å². The summed E-state index contributed by atoms with van der Waals surface area (Å²) in [6.45, 7) is 12.5. The molecular formula is C17H30N2O2. The minimum atomic E-state index is -0.382. The van der Waals surface area contributed by atoms with Gasteiger partial charge in [-0.15, -0.1) is 0 Å². The molecule has 0 atom stereocenters. The van der Waals surface area contributed by atoms with Crippen molar-refractivity contribution in [2.24, 2.45) is 11.3 Å². The Bertz CT molecular complexity index is 394. The lowest BCUT2D eigenvalue weighted by Crippen LogP contribution is -2.68. The highest BCUT2D eigenvalue weighted by molar-refractivity contribution is 5.69. The summed E-state index contributed by atoms with van der Waals surface area (Å²) in [5.74, 6) is 0.904. The lowest BCUT2D eigenvalue weighted by molar-refractivity contribution is -0.111. The van der Waals surface area contributed by atoms with Gasteiger partial charge in [0.2, 0.25) is 0 Å². The molecule has 1 saturated carbocycles. The topological polar surface area (TPSA) is 32.8 Å². The van der Waals surface area contributed by atoms with E-state index in [9.17, 15) is 4.79 Å². The van der Waals surface area contributed by atoms with E-state index >= 15 is 0 Å². The molecule has 0 unspecified atom stereocenters. The molecule has 1 spiro atoms. The van der Waals surface area contributed by atoms with E-state index in [0.717, 1.165) is 25.0 Å². The quantitative estimate of drug-likeness (QED) is 0.745. The van der Waals surface area contributed by atoms with Crippen molar-refractivity contribution in [1.29, 1.82) is 0 Å². The van der Waals surface area contributed by atoms with Gasteiger partial charge in [-0.2, -0.15) is 0 Å². The fourth-order valence-electron chi connectivity index (χ4n) is 4.07. The predicted molar refractivity (Wildman–Crippen MR) is 83.2 cm³/mol.